The van der Waals surface area contributed by atoms with Crippen molar-refractivity contribution in [3.8, 4) is 0 Å². The van der Waals surface area contributed by atoms with Gasteiger partial charge in [-0.1, -0.05) is 17.7 Å². The molecule has 0 radical (unpaired) electrons. The lowest BCUT2D eigenvalue weighted by Gasteiger charge is -2.23. The molecule has 0 spiro atoms. The van der Waals surface area contributed by atoms with Gasteiger partial charge < -0.3 is 10.6 Å². The molecule has 1 aromatic carbocycles. The van der Waals surface area contributed by atoms with Crippen LogP contribution in [0.5, 0.6) is 0 Å². The van der Waals surface area contributed by atoms with Gasteiger partial charge in [-0.05, 0) is 45.4 Å². The number of hydrogen-bond donors (Lipinski definition) is 1. The summed E-state index contributed by atoms with van der Waals surface area (Å²) < 4.78 is 0. The topological polar surface area (TPSA) is 29.3 Å². The van der Waals surface area contributed by atoms with Crippen molar-refractivity contribution < 1.29 is 0 Å². The quantitative estimate of drug-likeness (QED) is 0.725. The van der Waals surface area contributed by atoms with Crippen LogP contribution in [-0.2, 0) is 0 Å². The number of rotatable bonds is 6. The summed E-state index contributed by atoms with van der Waals surface area (Å²) in [4.78, 5) is 2.40. The standard InChI is InChI=1S/C13H22N2/c1-3-15(11-5-4-10-14)13-8-6-12(2)7-9-13/h6-9H,3-5,10-11,14H2,1-2H3. The zero-order valence-electron chi connectivity index (χ0n) is 9.87. The van der Waals surface area contributed by atoms with Crippen molar-refractivity contribution in [1.29, 1.82) is 0 Å². The van der Waals surface area contributed by atoms with Gasteiger partial charge in [0.15, 0.2) is 0 Å². The lowest BCUT2D eigenvalue weighted by Crippen LogP contribution is -2.24. The summed E-state index contributed by atoms with van der Waals surface area (Å²) in [6, 6.07) is 8.73. The minimum Gasteiger partial charge on any atom is -0.372 e. The van der Waals surface area contributed by atoms with Crippen molar-refractivity contribution in [3.05, 3.63) is 29.8 Å². The second-order valence-corrected chi connectivity index (χ2v) is 3.91. The van der Waals surface area contributed by atoms with E-state index in [4.69, 9.17) is 5.73 Å². The van der Waals surface area contributed by atoms with Crippen LogP contribution in [0.4, 0.5) is 5.69 Å². The van der Waals surface area contributed by atoms with Crippen molar-refractivity contribution >= 4 is 5.69 Å². The zero-order valence-corrected chi connectivity index (χ0v) is 9.87. The molecule has 0 aliphatic heterocycles. The van der Waals surface area contributed by atoms with Crippen LogP contribution in [0.25, 0.3) is 0 Å². The number of aryl methyl sites for hydroxylation is 1. The maximum Gasteiger partial charge on any atom is 0.0366 e. The van der Waals surface area contributed by atoms with E-state index in [9.17, 15) is 0 Å². The van der Waals surface area contributed by atoms with Crippen molar-refractivity contribution in [2.75, 3.05) is 24.5 Å². The van der Waals surface area contributed by atoms with Gasteiger partial charge in [0.1, 0.15) is 0 Å². The molecular formula is C13H22N2. The molecule has 1 rings (SSSR count). The molecule has 0 aliphatic carbocycles. The third-order valence-corrected chi connectivity index (χ3v) is 2.66. The van der Waals surface area contributed by atoms with Gasteiger partial charge in [0.2, 0.25) is 0 Å². The maximum atomic E-state index is 5.50. The van der Waals surface area contributed by atoms with E-state index in [-0.39, 0.29) is 0 Å². The van der Waals surface area contributed by atoms with Crippen LogP contribution >= 0.6 is 0 Å². The van der Waals surface area contributed by atoms with Crippen LogP contribution in [0.15, 0.2) is 24.3 Å². The molecule has 0 amide bonds. The Hall–Kier alpha value is -1.02. The third-order valence-electron chi connectivity index (χ3n) is 2.66. The lowest BCUT2D eigenvalue weighted by molar-refractivity contribution is 0.704. The second kappa shape index (κ2) is 6.46. The number of benzene rings is 1. The molecule has 0 fully saturated rings. The first-order valence-corrected chi connectivity index (χ1v) is 5.79. The highest BCUT2D eigenvalue weighted by molar-refractivity contribution is 5.47. The van der Waals surface area contributed by atoms with Gasteiger partial charge in [-0.2, -0.15) is 0 Å². The monoisotopic (exact) mass is 206 g/mol. The average Bonchev–Trinajstić information content (AvgIpc) is 2.26. The smallest absolute Gasteiger partial charge is 0.0366 e. The molecule has 0 saturated heterocycles. The molecule has 2 heteroatoms. The molecule has 0 heterocycles. The molecular weight excluding hydrogens is 184 g/mol. The van der Waals surface area contributed by atoms with Crippen molar-refractivity contribution in [1.82, 2.24) is 0 Å². The summed E-state index contributed by atoms with van der Waals surface area (Å²) in [5, 5.41) is 0. The van der Waals surface area contributed by atoms with E-state index in [1.165, 1.54) is 17.7 Å². The molecule has 84 valence electrons. The first kappa shape index (κ1) is 12.1. The Kier molecular flexibility index (Phi) is 5.19. The Bertz CT molecular complexity index is 266. The number of anilines is 1. The van der Waals surface area contributed by atoms with Gasteiger partial charge in [-0.3, -0.25) is 0 Å². The normalized spacial score (nSPS) is 10.3. The van der Waals surface area contributed by atoms with Crippen LogP contribution in [0.1, 0.15) is 25.3 Å². The van der Waals surface area contributed by atoms with Crippen LogP contribution < -0.4 is 10.6 Å². The number of hydrogen-bond acceptors (Lipinski definition) is 2. The van der Waals surface area contributed by atoms with Gasteiger partial charge in [0.25, 0.3) is 0 Å². The Morgan fingerprint density at radius 3 is 2.33 bits per heavy atom. The summed E-state index contributed by atoms with van der Waals surface area (Å²) in [6.45, 7) is 7.28. The molecule has 2 N–H and O–H groups in total. The van der Waals surface area contributed by atoms with E-state index in [1.54, 1.807) is 0 Å². The van der Waals surface area contributed by atoms with E-state index < -0.39 is 0 Å². The fourth-order valence-electron chi connectivity index (χ4n) is 1.67. The van der Waals surface area contributed by atoms with E-state index in [0.717, 1.165) is 26.1 Å². The molecule has 1 aromatic rings. The van der Waals surface area contributed by atoms with Crippen LogP contribution in [0.3, 0.4) is 0 Å². The Labute approximate surface area is 93.1 Å². The Balaban J connectivity index is 2.53. The van der Waals surface area contributed by atoms with E-state index in [0.29, 0.717) is 0 Å². The van der Waals surface area contributed by atoms with E-state index in [2.05, 4.69) is 43.0 Å². The van der Waals surface area contributed by atoms with Gasteiger partial charge in [0.05, 0.1) is 0 Å². The molecule has 0 saturated carbocycles. The van der Waals surface area contributed by atoms with Gasteiger partial charge in [-0.15, -0.1) is 0 Å². The van der Waals surface area contributed by atoms with Crippen LogP contribution in [-0.4, -0.2) is 19.6 Å². The Morgan fingerprint density at radius 2 is 1.80 bits per heavy atom. The summed E-state index contributed by atoms with van der Waals surface area (Å²) >= 11 is 0. The predicted octanol–water partition coefficient (Wildman–Crippen LogP) is 2.56. The first-order chi connectivity index (χ1) is 7.27. The fraction of sp³-hybridized carbons (Fsp3) is 0.538. The van der Waals surface area contributed by atoms with Crippen molar-refractivity contribution in [2.45, 2.75) is 26.7 Å². The average molecular weight is 206 g/mol. The number of nitrogens with two attached hydrogens (primary N) is 1. The van der Waals surface area contributed by atoms with E-state index in [1.807, 2.05) is 0 Å². The minimum atomic E-state index is 0.797. The van der Waals surface area contributed by atoms with Crippen molar-refractivity contribution in [3.63, 3.8) is 0 Å². The fourth-order valence-corrected chi connectivity index (χ4v) is 1.67. The summed E-state index contributed by atoms with van der Waals surface area (Å²) in [6.07, 6.45) is 2.29. The highest BCUT2D eigenvalue weighted by Gasteiger charge is 2.02. The van der Waals surface area contributed by atoms with Crippen molar-refractivity contribution in [2.24, 2.45) is 5.73 Å². The molecule has 0 aliphatic rings. The van der Waals surface area contributed by atoms with Gasteiger partial charge in [0, 0.05) is 18.8 Å². The lowest BCUT2D eigenvalue weighted by atomic mass is 10.2. The molecule has 0 unspecified atom stereocenters. The molecule has 2 nitrogen and oxygen atoms in total. The molecule has 0 atom stereocenters. The maximum absolute atomic E-state index is 5.50. The van der Waals surface area contributed by atoms with E-state index >= 15 is 0 Å². The highest BCUT2D eigenvalue weighted by atomic mass is 15.1. The van der Waals surface area contributed by atoms with Gasteiger partial charge in [-0.25, -0.2) is 0 Å². The summed E-state index contributed by atoms with van der Waals surface area (Å²) in [5.41, 5.74) is 8.13. The largest absolute Gasteiger partial charge is 0.372 e. The zero-order chi connectivity index (χ0) is 11.1. The summed E-state index contributed by atoms with van der Waals surface area (Å²) in [7, 11) is 0. The second-order valence-electron chi connectivity index (χ2n) is 3.91. The molecule has 0 bridgehead atoms. The number of unbranched alkanes of at least 4 members (excludes halogenated alkanes) is 1. The van der Waals surface area contributed by atoms with Crippen LogP contribution in [0.2, 0.25) is 0 Å². The molecule has 0 aromatic heterocycles. The van der Waals surface area contributed by atoms with Crippen LogP contribution in [0, 0.1) is 6.92 Å². The third kappa shape index (κ3) is 3.92. The number of nitrogens with zero attached hydrogens (tertiary/aromatic N) is 1. The highest BCUT2D eigenvalue weighted by Crippen LogP contribution is 2.15. The predicted molar refractivity (Wildman–Crippen MR) is 67.4 cm³/mol. The van der Waals surface area contributed by atoms with Gasteiger partial charge >= 0.3 is 0 Å². The SMILES string of the molecule is CCN(CCCCN)c1ccc(C)cc1. The first-order valence-electron chi connectivity index (χ1n) is 5.79. The molecule has 15 heavy (non-hydrogen) atoms. The Morgan fingerprint density at radius 1 is 1.13 bits per heavy atom. The minimum absolute atomic E-state index is 0.797. The summed E-state index contributed by atoms with van der Waals surface area (Å²) in [5.74, 6) is 0.